The third-order valence-electron chi connectivity index (χ3n) is 3.15. The number of hydrogen-bond acceptors (Lipinski definition) is 5. The number of anilines is 1. The van der Waals surface area contributed by atoms with Gasteiger partial charge in [0, 0.05) is 37.0 Å². The molecular weight excluding hydrogens is 246 g/mol. The summed E-state index contributed by atoms with van der Waals surface area (Å²) >= 11 is 0. The van der Waals surface area contributed by atoms with E-state index in [1.807, 2.05) is 13.0 Å². The molecule has 1 aromatic rings. The standard InChI is InChI=1S/C13H19N3O3/c1-2-5-19-13-7-11(6-12(8-13)16(17)18)15-4-3-10(14)9-15/h6-8,10H,2-5,9,14H2,1H3. The number of nitro benzene ring substituents is 1. The van der Waals surface area contributed by atoms with Crippen LogP contribution >= 0.6 is 0 Å². The van der Waals surface area contributed by atoms with Crippen molar-refractivity contribution in [2.75, 3.05) is 24.6 Å². The second-order valence-corrected chi connectivity index (χ2v) is 4.79. The van der Waals surface area contributed by atoms with E-state index < -0.39 is 4.92 Å². The predicted molar refractivity (Wildman–Crippen MR) is 73.7 cm³/mol. The zero-order valence-electron chi connectivity index (χ0n) is 11.0. The average Bonchev–Trinajstić information content (AvgIpc) is 2.82. The second-order valence-electron chi connectivity index (χ2n) is 4.79. The smallest absolute Gasteiger partial charge is 0.275 e. The predicted octanol–water partition coefficient (Wildman–Crippen LogP) is 1.92. The molecule has 0 aromatic heterocycles. The molecule has 1 aliphatic rings. The fraction of sp³-hybridized carbons (Fsp3) is 0.538. The van der Waals surface area contributed by atoms with Crippen LogP contribution < -0.4 is 15.4 Å². The summed E-state index contributed by atoms with van der Waals surface area (Å²) in [6.45, 7) is 4.11. The Labute approximate surface area is 112 Å². The average molecular weight is 265 g/mol. The van der Waals surface area contributed by atoms with Gasteiger partial charge >= 0.3 is 0 Å². The Hall–Kier alpha value is -1.82. The first-order valence-electron chi connectivity index (χ1n) is 6.53. The molecule has 1 saturated heterocycles. The van der Waals surface area contributed by atoms with E-state index in [0.717, 1.165) is 31.6 Å². The van der Waals surface area contributed by atoms with Gasteiger partial charge in [-0.15, -0.1) is 0 Å². The zero-order valence-corrected chi connectivity index (χ0v) is 11.0. The number of nitrogens with zero attached hydrogens (tertiary/aromatic N) is 2. The van der Waals surface area contributed by atoms with Crippen molar-refractivity contribution in [1.29, 1.82) is 0 Å². The van der Waals surface area contributed by atoms with Crippen molar-refractivity contribution in [3.05, 3.63) is 28.3 Å². The zero-order chi connectivity index (χ0) is 13.8. The largest absolute Gasteiger partial charge is 0.493 e. The molecule has 104 valence electrons. The molecule has 0 saturated carbocycles. The van der Waals surface area contributed by atoms with E-state index in [2.05, 4.69) is 4.90 Å². The van der Waals surface area contributed by atoms with Crippen molar-refractivity contribution < 1.29 is 9.66 Å². The van der Waals surface area contributed by atoms with Crippen LogP contribution in [0.3, 0.4) is 0 Å². The van der Waals surface area contributed by atoms with Crippen LogP contribution in [0.5, 0.6) is 5.75 Å². The maximum Gasteiger partial charge on any atom is 0.275 e. The summed E-state index contributed by atoms with van der Waals surface area (Å²) in [6, 6.07) is 5.03. The first kappa shape index (κ1) is 13.6. The molecule has 1 atom stereocenters. The first-order chi connectivity index (χ1) is 9.10. The van der Waals surface area contributed by atoms with Crippen LogP contribution in [0.1, 0.15) is 19.8 Å². The fourth-order valence-electron chi connectivity index (χ4n) is 2.18. The Balaban J connectivity index is 2.25. The number of non-ortho nitro benzene ring substituents is 1. The number of rotatable bonds is 5. The van der Waals surface area contributed by atoms with Crippen molar-refractivity contribution in [3.8, 4) is 5.75 Å². The van der Waals surface area contributed by atoms with Gasteiger partial charge in [-0.1, -0.05) is 6.92 Å². The number of benzene rings is 1. The van der Waals surface area contributed by atoms with Gasteiger partial charge in [-0.3, -0.25) is 10.1 Å². The molecular formula is C13H19N3O3. The minimum atomic E-state index is -0.391. The van der Waals surface area contributed by atoms with Gasteiger partial charge in [0.05, 0.1) is 17.6 Å². The molecule has 1 aromatic carbocycles. The molecule has 1 heterocycles. The van der Waals surface area contributed by atoms with Crippen molar-refractivity contribution in [3.63, 3.8) is 0 Å². The van der Waals surface area contributed by atoms with Crippen LogP contribution in [-0.2, 0) is 0 Å². The first-order valence-corrected chi connectivity index (χ1v) is 6.53. The van der Waals surface area contributed by atoms with E-state index >= 15 is 0 Å². The monoisotopic (exact) mass is 265 g/mol. The maximum absolute atomic E-state index is 11.0. The quantitative estimate of drug-likeness (QED) is 0.649. The minimum Gasteiger partial charge on any atom is -0.493 e. The summed E-state index contributed by atoms with van der Waals surface area (Å²) in [5, 5.41) is 11.0. The van der Waals surface area contributed by atoms with Crippen LogP contribution in [0.25, 0.3) is 0 Å². The molecule has 2 N–H and O–H groups in total. The lowest BCUT2D eigenvalue weighted by molar-refractivity contribution is -0.384. The highest BCUT2D eigenvalue weighted by atomic mass is 16.6. The van der Waals surface area contributed by atoms with Crippen molar-refractivity contribution >= 4 is 11.4 Å². The summed E-state index contributed by atoms with van der Waals surface area (Å²) in [5.74, 6) is 0.548. The maximum atomic E-state index is 11.0. The van der Waals surface area contributed by atoms with Crippen LogP contribution in [0, 0.1) is 10.1 Å². The second kappa shape index (κ2) is 5.88. The highest BCUT2D eigenvalue weighted by Gasteiger charge is 2.22. The third kappa shape index (κ3) is 3.35. The Morgan fingerprint density at radius 2 is 2.32 bits per heavy atom. The van der Waals surface area contributed by atoms with Crippen LogP contribution in [0.15, 0.2) is 18.2 Å². The van der Waals surface area contributed by atoms with E-state index in [9.17, 15) is 10.1 Å². The number of ether oxygens (including phenoxy) is 1. The van der Waals surface area contributed by atoms with Crippen LogP contribution in [0.2, 0.25) is 0 Å². The number of hydrogen-bond donors (Lipinski definition) is 1. The number of nitro groups is 1. The van der Waals surface area contributed by atoms with Crippen molar-refractivity contribution in [1.82, 2.24) is 0 Å². The molecule has 1 unspecified atom stereocenters. The summed E-state index contributed by atoms with van der Waals surface area (Å²) in [7, 11) is 0. The molecule has 0 bridgehead atoms. The summed E-state index contributed by atoms with van der Waals surface area (Å²) in [5.41, 5.74) is 6.74. The van der Waals surface area contributed by atoms with E-state index in [0.29, 0.717) is 12.4 Å². The Morgan fingerprint density at radius 1 is 1.53 bits per heavy atom. The molecule has 6 heteroatoms. The highest BCUT2D eigenvalue weighted by molar-refractivity contribution is 5.58. The fourth-order valence-corrected chi connectivity index (χ4v) is 2.18. The highest BCUT2D eigenvalue weighted by Crippen LogP contribution is 2.30. The summed E-state index contributed by atoms with van der Waals surface area (Å²) in [6.07, 6.45) is 1.78. The van der Waals surface area contributed by atoms with Gasteiger partial charge in [0.15, 0.2) is 0 Å². The van der Waals surface area contributed by atoms with E-state index in [1.165, 1.54) is 6.07 Å². The molecule has 19 heavy (non-hydrogen) atoms. The topological polar surface area (TPSA) is 81.6 Å². The van der Waals surface area contributed by atoms with Crippen LogP contribution in [-0.4, -0.2) is 30.7 Å². The molecule has 1 fully saturated rings. The molecule has 0 radical (unpaired) electrons. The molecule has 0 aliphatic carbocycles. The molecule has 6 nitrogen and oxygen atoms in total. The Kier molecular flexibility index (Phi) is 4.21. The van der Waals surface area contributed by atoms with E-state index in [4.69, 9.17) is 10.5 Å². The molecule has 1 aliphatic heterocycles. The van der Waals surface area contributed by atoms with Gasteiger partial charge in [0.25, 0.3) is 5.69 Å². The Bertz CT molecular complexity index is 464. The van der Waals surface area contributed by atoms with Gasteiger partial charge in [-0.25, -0.2) is 0 Å². The lowest BCUT2D eigenvalue weighted by Crippen LogP contribution is -2.26. The lowest BCUT2D eigenvalue weighted by atomic mass is 10.2. The van der Waals surface area contributed by atoms with Gasteiger partial charge in [0.1, 0.15) is 5.75 Å². The van der Waals surface area contributed by atoms with E-state index in [-0.39, 0.29) is 11.7 Å². The van der Waals surface area contributed by atoms with Crippen molar-refractivity contribution in [2.24, 2.45) is 5.73 Å². The minimum absolute atomic E-state index is 0.0593. The van der Waals surface area contributed by atoms with Gasteiger partial charge in [0.2, 0.25) is 0 Å². The van der Waals surface area contributed by atoms with Gasteiger partial charge < -0.3 is 15.4 Å². The number of nitrogens with two attached hydrogens (primary N) is 1. The third-order valence-corrected chi connectivity index (χ3v) is 3.15. The summed E-state index contributed by atoms with van der Waals surface area (Å²) in [4.78, 5) is 12.6. The Morgan fingerprint density at radius 3 is 2.89 bits per heavy atom. The summed E-state index contributed by atoms with van der Waals surface area (Å²) < 4.78 is 5.51. The van der Waals surface area contributed by atoms with Crippen LogP contribution in [0.4, 0.5) is 11.4 Å². The molecule has 0 amide bonds. The molecule has 0 spiro atoms. The van der Waals surface area contributed by atoms with Gasteiger partial charge in [-0.2, -0.15) is 0 Å². The van der Waals surface area contributed by atoms with E-state index in [1.54, 1.807) is 6.07 Å². The van der Waals surface area contributed by atoms with Gasteiger partial charge in [-0.05, 0) is 12.8 Å². The van der Waals surface area contributed by atoms with Crippen molar-refractivity contribution in [2.45, 2.75) is 25.8 Å². The SMILES string of the molecule is CCCOc1cc(N2CCC(N)C2)cc([N+](=O)[O-])c1. The normalized spacial score (nSPS) is 18.6. The molecule has 2 rings (SSSR count). The lowest BCUT2D eigenvalue weighted by Gasteiger charge is -2.18.